The highest BCUT2D eigenvalue weighted by Crippen LogP contribution is 2.61. The van der Waals surface area contributed by atoms with Crippen LogP contribution in [0.4, 0.5) is 0 Å². The molecule has 0 saturated heterocycles. The summed E-state index contributed by atoms with van der Waals surface area (Å²) in [5.41, 5.74) is 15.8. The van der Waals surface area contributed by atoms with Crippen LogP contribution in [0.1, 0.15) is 22.3 Å². The number of nitrogens with zero attached hydrogens (tertiary/aromatic N) is 2. The van der Waals surface area contributed by atoms with Gasteiger partial charge in [0.1, 0.15) is 0 Å². The van der Waals surface area contributed by atoms with Gasteiger partial charge in [0.2, 0.25) is 0 Å². The third-order valence-electron chi connectivity index (χ3n) is 10.8. The maximum atomic E-state index is 4.85. The lowest BCUT2D eigenvalue weighted by Crippen LogP contribution is -2.33. The number of para-hydroxylation sites is 2. The van der Waals surface area contributed by atoms with Crippen LogP contribution in [0, 0.1) is 0 Å². The Hall–Kier alpha value is -6.25. The molecule has 48 heavy (non-hydrogen) atoms. The third-order valence-corrected chi connectivity index (χ3v) is 10.8. The molecule has 0 N–H and O–H groups in total. The van der Waals surface area contributed by atoms with E-state index in [1.807, 2.05) is 6.20 Å². The molecular weight excluding hydrogens is 581 g/mol. The first-order valence-corrected chi connectivity index (χ1v) is 16.6. The van der Waals surface area contributed by atoms with Gasteiger partial charge in [-0.25, -0.2) is 0 Å². The van der Waals surface area contributed by atoms with Gasteiger partial charge in [-0.2, -0.15) is 0 Å². The topological polar surface area (TPSA) is 17.8 Å². The average molecular weight is 609 g/mol. The van der Waals surface area contributed by atoms with Crippen molar-refractivity contribution in [2.75, 3.05) is 0 Å². The maximum absolute atomic E-state index is 4.85. The largest absolute Gasteiger partial charge is 0.309 e. The number of aromatic nitrogens is 2. The molecule has 2 aromatic heterocycles. The van der Waals surface area contributed by atoms with Gasteiger partial charge in [-0.05, 0) is 74.2 Å². The van der Waals surface area contributed by atoms with Gasteiger partial charge in [0.05, 0.1) is 27.8 Å². The Balaban J connectivity index is 1.23. The highest BCUT2D eigenvalue weighted by Gasteiger charge is 2.50. The summed E-state index contributed by atoms with van der Waals surface area (Å²) in [6.45, 7) is 0. The molecule has 7 aromatic carbocycles. The molecule has 3 heterocycles. The summed E-state index contributed by atoms with van der Waals surface area (Å²) in [7, 11) is 0. The van der Waals surface area contributed by atoms with E-state index in [4.69, 9.17) is 4.98 Å². The van der Waals surface area contributed by atoms with Gasteiger partial charge >= 0.3 is 0 Å². The van der Waals surface area contributed by atoms with Crippen LogP contribution >= 0.6 is 0 Å². The lowest BCUT2D eigenvalue weighted by atomic mass is 9.65. The van der Waals surface area contributed by atoms with Gasteiger partial charge in [-0.15, -0.1) is 0 Å². The number of rotatable bonds is 2. The van der Waals surface area contributed by atoms with E-state index >= 15 is 0 Å². The van der Waals surface area contributed by atoms with Crippen molar-refractivity contribution < 1.29 is 0 Å². The van der Waals surface area contributed by atoms with Crippen LogP contribution in [-0.2, 0) is 5.41 Å². The zero-order chi connectivity index (χ0) is 31.4. The number of hydrogen-bond donors (Lipinski definition) is 0. The molecule has 2 nitrogen and oxygen atoms in total. The standard InChI is InChI=1S/C46H28N2/c1-2-14-33-29(11-1)25-26-47-44(33)32-13-9-12-30(27-32)31-23-24-40-43(28-31)48-42-22-8-5-17-36(42)37-18-10-21-41(45(37)48)46(40)38-19-6-3-15-34(38)35-16-4-7-20-39(35)46/h1-28H. The summed E-state index contributed by atoms with van der Waals surface area (Å²) in [5.74, 6) is 0. The minimum absolute atomic E-state index is 0.431. The zero-order valence-corrected chi connectivity index (χ0v) is 26.1. The third kappa shape index (κ3) is 3.19. The Morgan fingerprint density at radius 1 is 0.438 bits per heavy atom. The van der Waals surface area contributed by atoms with E-state index in [2.05, 4.69) is 168 Å². The first-order valence-electron chi connectivity index (χ1n) is 16.6. The van der Waals surface area contributed by atoms with E-state index in [9.17, 15) is 0 Å². The first-order chi connectivity index (χ1) is 23.8. The molecule has 2 aliphatic rings. The molecule has 11 rings (SSSR count). The molecule has 0 fully saturated rings. The van der Waals surface area contributed by atoms with Crippen molar-refractivity contribution in [2.45, 2.75) is 5.41 Å². The van der Waals surface area contributed by atoms with Gasteiger partial charge in [0, 0.05) is 27.9 Å². The Labute approximate surface area is 278 Å². The highest BCUT2D eigenvalue weighted by molar-refractivity contribution is 6.13. The van der Waals surface area contributed by atoms with Gasteiger partial charge in [-0.1, -0.05) is 140 Å². The summed E-state index contributed by atoms with van der Waals surface area (Å²) in [4.78, 5) is 4.85. The van der Waals surface area contributed by atoms with Gasteiger partial charge in [0.15, 0.2) is 0 Å². The smallest absolute Gasteiger partial charge is 0.0780 e. The number of fused-ring (bicyclic) bond motifs is 13. The zero-order valence-electron chi connectivity index (χ0n) is 26.1. The Morgan fingerprint density at radius 3 is 1.94 bits per heavy atom. The van der Waals surface area contributed by atoms with Crippen LogP contribution in [0.25, 0.3) is 71.8 Å². The van der Waals surface area contributed by atoms with Crippen molar-refractivity contribution in [3.63, 3.8) is 0 Å². The van der Waals surface area contributed by atoms with Crippen LogP contribution in [-0.4, -0.2) is 9.55 Å². The van der Waals surface area contributed by atoms with E-state index < -0.39 is 5.41 Å². The van der Waals surface area contributed by atoms with Crippen molar-refractivity contribution in [1.82, 2.24) is 9.55 Å². The second kappa shape index (κ2) is 9.40. The molecule has 1 spiro atoms. The van der Waals surface area contributed by atoms with Crippen molar-refractivity contribution in [3.05, 3.63) is 192 Å². The number of pyridine rings is 1. The molecule has 0 radical (unpaired) electrons. The lowest BCUT2D eigenvalue weighted by molar-refractivity contribution is 0.748. The van der Waals surface area contributed by atoms with Crippen LogP contribution in [0.15, 0.2) is 170 Å². The van der Waals surface area contributed by atoms with Gasteiger partial charge < -0.3 is 4.57 Å². The highest BCUT2D eigenvalue weighted by atomic mass is 15.0. The van der Waals surface area contributed by atoms with Gasteiger partial charge in [0.25, 0.3) is 0 Å². The molecule has 0 atom stereocenters. The Kier molecular flexibility index (Phi) is 5.07. The molecule has 2 heteroatoms. The summed E-state index contributed by atoms with van der Waals surface area (Å²) in [6, 6.07) is 60.5. The number of benzene rings is 7. The number of hydrogen-bond acceptors (Lipinski definition) is 1. The van der Waals surface area contributed by atoms with Crippen LogP contribution in [0.2, 0.25) is 0 Å². The minimum Gasteiger partial charge on any atom is -0.309 e. The fraction of sp³-hybridized carbons (Fsp3) is 0.0217. The molecule has 9 aromatic rings. The van der Waals surface area contributed by atoms with Crippen LogP contribution in [0.5, 0.6) is 0 Å². The second-order valence-corrected chi connectivity index (χ2v) is 13.1. The van der Waals surface area contributed by atoms with Crippen molar-refractivity contribution in [3.8, 4) is 39.2 Å². The van der Waals surface area contributed by atoms with E-state index in [1.54, 1.807) is 0 Å². The minimum atomic E-state index is -0.431. The molecular formula is C46H28N2. The summed E-state index contributed by atoms with van der Waals surface area (Å²) < 4.78 is 2.53. The lowest BCUT2D eigenvalue weighted by Gasteiger charge is -2.39. The second-order valence-electron chi connectivity index (χ2n) is 13.1. The maximum Gasteiger partial charge on any atom is 0.0780 e. The monoisotopic (exact) mass is 608 g/mol. The Morgan fingerprint density at radius 2 is 1.08 bits per heavy atom. The van der Waals surface area contributed by atoms with E-state index in [0.717, 1.165) is 11.3 Å². The SMILES string of the molecule is c1cc(-c2ccc3c(c2)-n2c4ccccc4c4cccc(c42)C32c3ccccc3-c3ccccc32)cc(-c2nccc3ccccc23)c1. The van der Waals surface area contributed by atoms with E-state index in [-0.39, 0.29) is 0 Å². The fourth-order valence-electron chi connectivity index (χ4n) is 8.94. The molecule has 222 valence electrons. The average Bonchev–Trinajstić information content (AvgIpc) is 3.65. The van der Waals surface area contributed by atoms with Crippen LogP contribution < -0.4 is 0 Å². The molecule has 0 saturated carbocycles. The first kappa shape index (κ1) is 25.9. The fourth-order valence-corrected chi connectivity index (χ4v) is 8.94. The van der Waals surface area contributed by atoms with Gasteiger partial charge in [-0.3, -0.25) is 4.98 Å². The predicted molar refractivity (Wildman–Crippen MR) is 198 cm³/mol. The normalized spacial score (nSPS) is 13.6. The summed E-state index contributed by atoms with van der Waals surface area (Å²) in [6.07, 6.45) is 1.92. The molecule has 0 amide bonds. The van der Waals surface area contributed by atoms with Crippen LogP contribution in [0.3, 0.4) is 0 Å². The molecule has 0 unspecified atom stereocenters. The quantitative estimate of drug-likeness (QED) is 0.191. The molecule has 1 aliphatic heterocycles. The predicted octanol–water partition coefficient (Wildman–Crippen LogP) is 11.3. The summed E-state index contributed by atoms with van der Waals surface area (Å²) in [5, 5.41) is 4.95. The van der Waals surface area contributed by atoms with Crippen molar-refractivity contribution in [1.29, 1.82) is 0 Å². The van der Waals surface area contributed by atoms with E-state index in [0.29, 0.717) is 0 Å². The van der Waals surface area contributed by atoms with Crippen molar-refractivity contribution in [2.24, 2.45) is 0 Å². The molecule has 0 bridgehead atoms. The summed E-state index contributed by atoms with van der Waals surface area (Å²) >= 11 is 0. The van der Waals surface area contributed by atoms with E-state index in [1.165, 1.54) is 82.8 Å². The Bertz CT molecular complexity index is 2750. The molecule has 1 aliphatic carbocycles. The van der Waals surface area contributed by atoms with Crippen molar-refractivity contribution >= 4 is 32.6 Å².